The number of piperidine rings is 1. The minimum atomic E-state index is 0.0630. The monoisotopic (exact) mass is 358 g/mol. The van der Waals surface area contributed by atoms with Gasteiger partial charge in [0, 0.05) is 20.1 Å². The smallest absolute Gasteiger partial charge is 0.257 e. The molecule has 140 valence electrons. The lowest BCUT2D eigenvalue weighted by Crippen LogP contribution is -2.52. The van der Waals surface area contributed by atoms with E-state index >= 15 is 0 Å². The molecular formula is C20H26N2O4. The number of amides is 1. The van der Waals surface area contributed by atoms with Crippen LogP contribution in [0.5, 0.6) is 5.88 Å². The van der Waals surface area contributed by atoms with Crippen molar-refractivity contribution in [3.63, 3.8) is 0 Å². The molecule has 0 aliphatic carbocycles. The van der Waals surface area contributed by atoms with Crippen molar-refractivity contribution in [3.05, 3.63) is 47.7 Å². The third kappa shape index (κ3) is 4.25. The number of nitrogens with zero attached hydrogens (tertiary/aromatic N) is 2. The van der Waals surface area contributed by atoms with E-state index in [9.17, 15) is 4.79 Å². The Kier molecular flexibility index (Phi) is 6.28. The van der Waals surface area contributed by atoms with Gasteiger partial charge in [0.25, 0.3) is 5.88 Å². The lowest BCUT2D eigenvalue weighted by atomic mass is 9.92. The number of methoxy groups -OCH3 is 2. The van der Waals surface area contributed by atoms with Gasteiger partial charge in [0.2, 0.25) is 5.91 Å². The number of carbonyl (C=O) groups is 1. The molecule has 0 saturated carbocycles. The number of carbonyl (C=O) groups excluding carboxylic acids is 1. The molecule has 0 spiro atoms. The summed E-state index contributed by atoms with van der Waals surface area (Å²) in [6.45, 7) is 0.775. The number of rotatable bonds is 7. The molecule has 1 aliphatic heterocycles. The highest BCUT2D eigenvalue weighted by atomic mass is 16.5. The quantitative estimate of drug-likeness (QED) is 0.761. The van der Waals surface area contributed by atoms with Crippen LogP contribution in [0.25, 0.3) is 0 Å². The van der Waals surface area contributed by atoms with Crippen LogP contribution < -0.4 is 4.74 Å². The van der Waals surface area contributed by atoms with Gasteiger partial charge in [-0.05, 0) is 36.4 Å². The zero-order valence-corrected chi connectivity index (χ0v) is 15.4. The second kappa shape index (κ2) is 8.85. The van der Waals surface area contributed by atoms with Crippen LogP contribution in [0.2, 0.25) is 0 Å². The van der Waals surface area contributed by atoms with Crippen molar-refractivity contribution in [2.75, 3.05) is 20.8 Å². The first-order valence-electron chi connectivity index (χ1n) is 9.06. The first kappa shape index (κ1) is 18.5. The van der Waals surface area contributed by atoms with Gasteiger partial charge in [0.15, 0.2) is 0 Å². The summed E-state index contributed by atoms with van der Waals surface area (Å²) in [5, 5.41) is 3.78. The molecule has 0 unspecified atom stereocenters. The van der Waals surface area contributed by atoms with Gasteiger partial charge in [-0.1, -0.05) is 30.3 Å². The highest BCUT2D eigenvalue weighted by Crippen LogP contribution is 2.25. The molecular weight excluding hydrogens is 332 g/mol. The number of hydrogen-bond donors (Lipinski definition) is 0. The number of aromatic nitrogens is 1. The second-order valence-electron chi connectivity index (χ2n) is 6.61. The number of benzene rings is 1. The van der Waals surface area contributed by atoms with Crippen molar-refractivity contribution in [2.45, 2.75) is 44.2 Å². The molecule has 26 heavy (non-hydrogen) atoms. The Labute approximate surface area is 154 Å². The molecule has 6 nitrogen and oxygen atoms in total. The molecule has 2 heterocycles. The van der Waals surface area contributed by atoms with Crippen LogP contribution in [0.4, 0.5) is 0 Å². The Morgan fingerprint density at radius 1 is 1.31 bits per heavy atom. The molecule has 1 fully saturated rings. The second-order valence-corrected chi connectivity index (χ2v) is 6.61. The standard InChI is InChI=1S/C20H26N2O4/c1-24-18-9-6-12-22(17(18)13-15-7-4-3-5-8-15)19(23)11-10-16-14-26-21-20(16)25-2/h3-5,7-8,14,17-18H,6,9-13H2,1-2H3/t17-,18-/m0/s1. The van der Waals surface area contributed by atoms with Gasteiger partial charge in [0.05, 0.1) is 24.8 Å². The van der Waals surface area contributed by atoms with Gasteiger partial charge in [-0.2, -0.15) is 0 Å². The van der Waals surface area contributed by atoms with Crippen molar-refractivity contribution in [1.82, 2.24) is 10.1 Å². The van der Waals surface area contributed by atoms with E-state index in [1.807, 2.05) is 23.1 Å². The fraction of sp³-hybridized carbons (Fsp3) is 0.500. The summed E-state index contributed by atoms with van der Waals surface area (Å²) in [4.78, 5) is 14.9. The van der Waals surface area contributed by atoms with Crippen LogP contribution in [0.15, 0.2) is 41.1 Å². The average molecular weight is 358 g/mol. The van der Waals surface area contributed by atoms with Gasteiger partial charge in [-0.3, -0.25) is 4.79 Å². The van der Waals surface area contributed by atoms with E-state index in [2.05, 4.69) is 17.3 Å². The minimum Gasteiger partial charge on any atom is -0.479 e. The third-order valence-corrected chi connectivity index (χ3v) is 5.03. The Balaban J connectivity index is 1.69. The summed E-state index contributed by atoms with van der Waals surface area (Å²) in [5.74, 6) is 0.586. The molecule has 0 radical (unpaired) electrons. The minimum absolute atomic E-state index is 0.0630. The van der Waals surface area contributed by atoms with E-state index in [0.29, 0.717) is 18.7 Å². The maximum Gasteiger partial charge on any atom is 0.257 e. The van der Waals surface area contributed by atoms with E-state index in [1.54, 1.807) is 20.5 Å². The van der Waals surface area contributed by atoms with Gasteiger partial charge >= 0.3 is 0 Å². The first-order chi connectivity index (χ1) is 12.7. The molecule has 3 rings (SSSR count). The molecule has 2 atom stereocenters. The van der Waals surface area contributed by atoms with Crippen molar-refractivity contribution < 1.29 is 18.8 Å². The summed E-state index contributed by atoms with van der Waals surface area (Å²) in [5.41, 5.74) is 2.04. The summed E-state index contributed by atoms with van der Waals surface area (Å²) in [6.07, 6.45) is 5.32. The van der Waals surface area contributed by atoms with Crippen molar-refractivity contribution >= 4 is 5.91 Å². The highest BCUT2D eigenvalue weighted by molar-refractivity contribution is 5.77. The summed E-state index contributed by atoms with van der Waals surface area (Å²) in [6, 6.07) is 10.3. The molecule has 1 aliphatic rings. The number of aryl methyl sites for hydroxylation is 1. The lowest BCUT2D eigenvalue weighted by Gasteiger charge is -2.41. The molecule has 2 aromatic rings. The molecule has 1 amide bonds. The number of ether oxygens (including phenoxy) is 2. The van der Waals surface area contributed by atoms with Gasteiger partial charge in [-0.25, -0.2) is 0 Å². The molecule has 0 N–H and O–H groups in total. The Morgan fingerprint density at radius 3 is 2.85 bits per heavy atom. The van der Waals surface area contributed by atoms with E-state index in [1.165, 1.54) is 5.56 Å². The Morgan fingerprint density at radius 2 is 2.12 bits per heavy atom. The summed E-state index contributed by atoms with van der Waals surface area (Å²) in [7, 11) is 3.28. The molecule has 1 aromatic carbocycles. The lowest BCUT2D eigenvalue weighted by molar-refractivity contribution is -0.139. The van der Waals surface area contributed by atoms with E-state index in [-0.39, 0.29) is 18.1 Å². The predicted octanol–water partition coefficient (Wildman–Crippen LogP) is 2.86. The summed E-state index contributed by atoms with van der Waals surface area (Å²) >= 11 is 0. The fourth-order valence-corrected chi connectivity index (χ4v) is 3.67. The largest absolute Gasteiger partial charge is 0.479 e. The van der Waals surface area contributed by atoms with Gasteiger partial charge in [-0.15, -0.1) is 0 Å². The highest BCUT2D eigenvalue weighted by Gasteiger charge is 2.34. The van der Waals surface area contributed by atoms with Crippen LogP contribution >= 0.6 is 0 Å². The van der Waals surface area contributed by atoms with E-state index in [4.69, 9.17) is 14.0 Å². The average Bonchev–Trinajstić information content (AvgIpc) is 3.14. The molecule has 1 saturated heterocycles. The van der Waals surface area contributed by atoms with Crippen LogP contribution in [-0.2, 0) is 22.4 Å². The predicted molar refractivity (Wildman–Crippen MR) is 97.1 cm³/mol. The van der Waals surface area contributed by atoms with Crippen molar-refractivity contribution in [1.29, 1.82) is 0 Å². The zero-order chi connectivity index (χ0) is 18.4. The zero-order valence-electron chi connectivity index (χ0n) is 15.4. The molecule has 0 bridgehead atoms. The van der Waals surface area contributed by atoms with Crippen LogP contribution in [0, 0.1) is 0 Å². The molecule has 6 heteroatoms. The Hall–Kier alpha value is -2.34. The first-order valence-corrected chi connectivity index (χ1v) is 9.06. The normalized spacial score (nSPS) is 20.2. The van der Waals surface area contributed by atoms with Crippen molar-refractivity contribution in [2.24, 2.45) is 0 Å². The maximum atomic E-state index is 12.9. The molecule has 1 aromatic heterocycles. The van der Waals surface area contributed by atoms with E-state index in [0.717, 1.165) is 31.4 Å². The van der Waals surface area contributed by atoms with Crippen LogP contribution in [0.3, 0.4) is 0 Å². The van der Waals surface area contributed by atoms with E-state index < -0.39 is 0 Å². The van der Waals surface area contributed by atoms with Crippen LogP contribution in [0.1, 0.15) is 30.4 Å². The van der Waals surface area contributed by atoms with Gasteiger partial charge < -0.3 is 18.9 Å². The number of hydrogen-bond acceptors (Lipinski definition) is 5. The summed E-state index contributed by atoms with van der Waals surface area (Å²) < 4.78 is 15.8. The Bertz CT molecular complexity index is 701. The van der Waals surface area contributed by atoms with Gasteiger partial charge in [0.1, 0.15) is 6.26 Å². The van der Waals surface area contributed by atoms with Crippen molar-refractivity contribution in [3.8, 4) is 5.88 Å². The fourth-order valence-electron chi connectivity index (χ4n) is 3.67. The topological polar surface area (TPSA) is 64.8 Å². The maximum absolute atomic E-state index is 12.9. The third-order valence-electron chi connectivity index (χ3n) is 5.03. The number of likely N-dealkylation sites (tertiary alicyclic amines) is 1. The van der Waals surface area contributed by atoms with Crippen LogP contribution in [-0.4, -0.2) is 48.9 Å². The SMILES string of the molecule is COc1nocc1CCC(=O)N1CCC[C@H](OC)[C@@H]1Cc1ccccc1.